The van der Waals surface area contributed by atoms with Crippen LogP contribution < -0.4 is 11.1 Å². The van der Waals surface area contributed by atoms with Gasteiger partial charge in [0.1, 0.15) is 5.82 Å². The molecular weight excluding hydrogens is 302 g/mol. The third kappa shape index (κ3) is 2.67. The highest BCUT2D eigenvalue weighted by Crippen LogP contribution is 2.28. The maximum absolute atomic E-state index is 12.3. The maximum atomic E-state index is 12.3. The van der Waals surface area contributed by atoms with E-state index in [4.69, 9.17) is 17.3 Å². The van der Waals surface area contributed by atoms with Crippen molar-refractivity contribution in [3.8, 4) is 0 Å². The highest BCUT2D eigenvalue weighted by atomic mass is 35.5. The van der Waals surface area contributed by atoms with Gasteiger partial charge in [0.15, 0.2) is 0 Å². The number of pyridine rings is 1. The summed E-state index contributed by atoms with van der Waals surface area (Å²) in [5.74, 6) is -0.713. The summed E-state index contributed by atoms with van der Waals surface area (Å²) in [5.41, 5.74) is 8.15. The van der Waals surface area contributed by atoms with Gasteiger partial charge < -0.3 is 11.1 Å². The number of benzene rings is 1. The van der Waals surface area contributed by atoms with E-state index >= 15 is 0 Å². The van der Waals surface area contributed by atoms with Crippen molar-refractivity contribution in [3.05, 3.63) is 57.7 Å². The van der Waals surface area contributed by atoms with Gasteiger partial charge in [0, 0.05) is 16.8 Å². The number of carbonyl (C=O) groups is 2. The smallest absolute Gasteiger partial charge is 0.256 e. The molecular formula is C16H14ClN3O2. The van der Waals surface area contributed by atoms with Gasteiger partial charge in [-0.2, -0.15) is 0 Å². The molecule has 0 saturated carbocycles. The first-order valence-electron chi connectivity index (χ1n) is 6.93. The minimum atomic E-state index is -0.572. The number of nitrogens with two attached hydrogens (primary N) is 1. The van der Waals surface area contributed by atoms with Crippen molar-refractivity contribution >= 4 is 29.2 Å². The summed E-state index contributed by atoms with van der Waals surface area (Å²) in [6.07, 6.45) is 4.33. The second-order valence-electron chi connectivity index (χ2n) is 5.16. The number of aromatic nitrogens is 1. The van der Waals surface area contributed by atoms with E-state index in [0.717, 1.165) is 30.4 Å². The summed E-state index contributed by atoms with van der Waals surface area (Å²) >= 11 is 5.80. The van der Waals surface area contributed by atoms with Crippen molar-refractivity contribution < 1.29 is 9.59 Å². The Kier molecular flexibility index (Phi) is 3.81. The van der Waals surface area contributed by atoms with Gasteiger partial charge in [-0.05, 0) is 54.7 Å². The van der Waals surface area contributed by atoms with E-state index < -0.39 is 5.91 Å². The molecule has 0 radical (unpaired) electrons. The van der Waals surface area contributed by atoms with Gasteiger partial charge in [-0.15, -0.1) is 0 Å². The lowest BCUT2D eigenvalue weighted by Crippen LogP contribution is -2.21. The van der Waals surface area contributed by atoms with E-state index in [0.29, 0.717) is 16.1 Å². The molecule has 1 aromatic heterocycles. The fourth-order valence-electron chi connectivity index (χ4n) is 2.69. The summed E-state index contributed by atoms with van der Waals surface area (Å²) in [5, 5.41) is 3.21. The first kappa shape index (κ1) is 14.5. The van der Waals surface area contributed by atoms with Crippen molar-refractivity contribution in [1.82, 2.24) is 4.98 Å². The zero-order valence-corrected chi connectivity index (χ0v) is 12.5. The van der Waals surface area contributed by atoms with Gasteiger partial charge in [0.05, 0.1) is 5.56 Å². The quantitative estimate of drug-likeness (QED) is 0.912. The Morgan fingerprint density at radius 2 is 1.91 bits per heavy atom. The van der Waals surface area contributed by atoms with Gasteiger partial charge >= 0.3 is 0 Å². The number of primary amides is 1. The van der Waals surface area contributed by atoms with Crippen molar-refractivity contribution in [2.75, 3.05) is 5.32 Å². The predicted octanol–water partition coefficient (Wildman–Crippen LogP) is 2.57. The summed E-state index contributed by atoms with van der Waals surface area (Å²) in [7, 11) is 0. The van der Waals surface area contributed by atoms with Crippen molar-refractivity contribution in [1.29, 1.82) is 0 Å². The number of hydrogen-bond donors (Lipinski definition) is 2. The van der Waals surface area contributed by atoms with Crippen molar-refractivity contribution in [3.63, 3.8) is 0 Å². The molecule has 1 aliphatic carbocycles. The van der Waals surface area contributed by atoms with E-state index in [-0.39, 0.29) is 11.7 Å². The normalized spacial score (nSPS) is 12.8. The van der Waals surface area contributed by atoms with Crippen LogP contribution >= 0.6 is 11.6 Å². The Morgan fingerprint density at radius 3 is 2.59 bits per heavy atom. The maximum Gasteiger partial charge on any atom is 0.256 e. The van der Waals surface area contributed by atoms with Crippen LogP contribution in [0.3, 0.4) is 0 Å². The van der Waals surface area contributed by atoms with Crippen LogP contribution in [0.2, 0.25) is 5.02 Å². The highest BCUT2D eigenvalue weighted by Gasteiger charge is 2.23. The molecule has 0 unspecified atom stereocenters. The average molecular weight is 316 g/mol. The lowest BCUT2D eigenvalue weighted by Gasteiger charge is -2.12. The topological polar surface area (TPSA) is 85.1 Å². The van der Waals surface area contributed by atoms with E-state index in [1.807, 2.05) is 0 Å². The molecule has 2 aromatic rings. The average Bonchev–Trinajstić information content (AvgIpc) is 2.95. The van der Waals surface area contributed by atoms with Gasteiger partial charge in [-0.25, -0.2) is 4.98 Å². The lowest BCUT2D eigenvalue weighted by atomic mass is 10.0. The molecule has 0 saturated heterocycles. The number of carbonyl (C=O) groups excluding carboxylic acids is 2. The Bertz CT molecular complexity index is 757. The zero-order chi connectivity index (χ0) is 15.7. The van der Waals surface area contributed by atoms with Crippen LogP contribution in [0.15, 0.2) is 30.5 Å². The number of rotatable bonds is 3. The number of nitrogens with zero attached hydrogens (tertiary/aromatic N) is 1. The minimum absolute atomic E-state index is 0.216. The van der Waals surface area contributed by atoms with Gasteiger partial charge in [0.25, 0.3) is 11.8 Å². The Hall–Kier alpha value is -2.40. The summed E-state index contributed by atoms with van der Waals surface area (Å²) in [6, 6.07) is 6.47. The number of aryl methyl sites for hydroxylation is 1. The van der Waals surface area contributed by atoms with Crippen LogP contribution in [-0.2, 0) is 12.8 Å². The van der Waals surface area contributed by atoms with Gasteiger partial charge in [-0.1, -0.05) is 11.6 Å². The number of anilines is 1. The molecule has 1 aromatic carbocycles. The van der Waals surface area contributed by atoms with Crippen LogP contribution in [0.5, 0.6) is 0 Å². The number of fused-ring (bicyclic) bond motifs is 1. The molecule has 3 rings (SSSR count). The van der Waals surface area contributed by atoms with E-state index in [2.05, 4.69) is 10.3 Å². The number of halogens is 1. The molecule has 6 heteroatoms. The van der Waals surface area contributed by atoms with E-state index in [1.165, 1.54) is 0 Å². The van der Waals surface area contributed by atoms with Crippen LogP contribution in [0.4, 0.5) is 5.82 Å². The highest BCUT2D eigenvalue weighted by molar-refractivity contribution is 6.30. The van der Waals surface area contributed by atoms with Gasteiger partial charge in [0.2, 0.25) is 0 Å². The van der Waals surface area contributed by atoms with E-state index in [1.54, 1.807) is 30.5 Å². The molecule has 1 heterocycles. The molecule has 5 nitrogen and oxygen atoms in total. The van der Waals surface area contributed by atoms with Crippen LogP contribution in [0.25, 0.3) is 0 Å². The Balaban J connectivity index is 1.94. The van der Waals surface area contributed by atoms with E-state index in [9.17, 15) is 9.59 Å². The first-order chi connectivity index (χ1) is 10.6. The molecule has 0 fully saturated rings. The summed E-state index contributed by atoms with van der Waals surface area (Å²) in [6.45, 7) is 0. The fourth-order valence-corrected chi connectivity index (χ4v) is 2.81. The lowest BCUT2D eigenvalue weighted by molar-refractivity contribution is 0.1000. The Morgan fingerprint density at radius 1 is 1.18 bits per heavy atom. The Labute approximate surface area is 132 Å². The third-order valence-corrected chi connectivity index (χ3v) is 3.99. The molecule has 0 atom stereocenters. The van der Waals surface area contributed by atoms with Crippen molar-refractivity contribution in [2.24, 2.45) is 5.73 Å². The summed E-state index contributed by atoms with van der Waals surface area (Å²) in [4.78, 5) is 28.2. The second-order valence-corrected chi connectivity index (χ2v) is 5.60. The molecule has 0 aliphatic heterocycles. The largest absolute Gasteiger partial charge is 0.365 e. The number of hydrogen-bond acceptors (Lipinski definition) is 3. The van der Waals surface area contributed by atoms with Crippen LogP contribution in [0.1, 0.15) is 38.3 Å². The number of nitrogens with one attached hydrogen (secondary N) is 1. The van der Waals surface area contributed by atoms with Crippen molar-refractivity contribution in [2.45, 2.75) is 19.3 Å². The standard InChI is InChI=1S/C16H14ClN3O2/c17-11-6-4-9(5-7-11)16(22)20-15-13(14(18)21)12-3-1-2-10(12)8-19-15/h4-8H,1-3H2,(H2,18,21)(H,19,20,22). The van der Waals surface area contributed by atoms with Gasteiger partial charge in [-0.3, -0.25) is 9.59 Å². The first-order valence-corrected chi connectivity index (χ1v) is 7.31. The monoisotopic (exact) mass is 315 g/mol. The molecule has 112 valence electrons. The predicted molar refractivity (Wildman–Crippen MR) is 84.2 cm³/mol. The van der Waals surface area contributed by atoms with Crippen LogP contribution in [-0.4, -0.2) is 16.8 Å². The molecule has 0 bridgehead atoms. The molecule has 3 N–H and O–H groups in total. The minimum Gasteiger partial charge on any atom is -0.365 e. The molecule has 1 aliphatic rings. The molecule has 0 spiro atoms. The summed E-state index contributed by atoms with van der Waals surface area (Å²) < 4.78 is 0. The fraction of sp³-hybridized carbons (Fsp3) is 0.188. The van der Waals surface area contributed by atoms with Crippen LogP contribution in [0, 0.1) is 0 Å². The SMILES string of the molecule is NC(=O)c1c(NC(=O)c2ccc(Cl)cc2)ncc2c1CCC2. The molecule has 22 heavy (non-hydrogen) atoms. The second kappa shape index (κ2) is 5.77. The zero-order valence-electron chi connectivity index (χ0n) is 11.7. The number of amides is 2. The third-order valence-electron chi connectivity index (χ3n) is 3.73. The molecule has 2 amide bonds.